The van der Waals surface area contributed by atoms with E-state index >= 15 is 0 Å². The number of rotatable bonds is 8. The smallest absolute Gasteiger partial charge is 0.251 e. The highest BCUT2D eigenvalue weighted by Crippen LogP contribution is 2.11. The molecule has 2 heterocycles. The summed E-state index contributed by atoms with van der Waals surface area (Å²) in [6, 6.07) is 0.271. The Morgan fingerprint density at radius 2 is 2.08 bits per heavy atom. The van der Waals surface area contributed by atoms with Gasteiger partial charge in [0.25, 0.3) is 6.43 Å². The molecule has 0 spiro atoms. The second kappa shape index (κ2) is 12.4. The number of aryl methyl sites for hydroxylation is 1. The van der Waals surface area contributed by atoms with Gasteiger partial charge in [0.15, 0.2) is 5.96 Å². The van der Waals surface area contributed by atoms with Gasteiger partial charge in [-0.2, -0.15) is 0 Å². The van der Waals surface area contributed by atoms with E-state index < -0.39 is 6.43 Å². The van der Waals surface area contributed by atoms with Gasteiger partial charge in [0.2, 0.25) is 0 Å². The number of alkyl halides is 2. The molecule has 1 aliphatic rings. The maximum Gasteiger partial charge on any atom is 0.251 e. The molecule has 2 rings (SSSR count). The van der Waals surface area contributed by atoms with Gasteiger partial charge in [0.1, 0.15) is 12.2 Å². The van der Waals surface area contributed by atoms with Crippen molar-refractivity contribution in [3.05, 3.63) is 12.2 Å². The first-order chi connectivity index (χ1) is 12.1. The van der Waals surface area contributed by atoms with E-state index in [1.807, 2.05) is 16.4 Å². The largest absolute Gasteiger partial charge is 0.357 e. The highest BCUT2D eigenvalue weighted by Gasteiger charge is 2.21. The number of nitrogens with one attached hydrogen (secondary N) is 2. The fourth-order valence-corrected chi connectivity index (χ4v) is 2.98. The number of hydrogen-bond donors (Lipinski definition) is 2. The summed E-state index contributed by atoms with van der Waals surface area (Å²) in [6.07, 6.45) is 2.02. The molecular formula is C16H30F2IN7. The number of hydrogen-bond acceptors (Lipinski definition) is 4. The molecule has 1 aliphatic heterocycles. The van der Waals surface area contributed by atoms with Crippen LogP contribution >= 0.6 is 24.0 Å². The van der Waals surface area contributed by atoms with Crippen LogP contribution in [0.3, 0.4) is 0 Å². The van der Waals surface area contributed by atoms with Crippen molar-refractivity contribution in [1.82, 2.24) is 30.3 Å². The lowest BCUT2D eigenvalue weighted by atomic mass is 10.1. The monoisotopic (exact) mass is 485 g/mol. The van der Waals surface area contributed by atoms with E-state index in [1.54, 1.807) is 6.33 Å². The molecule has 1 fully saturated rings. The molecule has 0 bridgehead atoms. The maximum absolute atomic E-state index is 12.4. The number of halogens is 3. The van der Waals surface area contributed by atoms with Gasteiger partial charge in [0, 0.05) is 38.6 Å². The number of likely N-dealkylation sites (tertiary alicyclic amines) is 1. The Labute approximate surface area is 171 Å². The molecule has 26 heavy (non-hydrogen) atoms. The fourth-order valence-electron chi connectivity index (χ4n) is 2.98. The Bertz CT molecular complexity index is 530. The minimum absolute atomic E-state index is 0. The summed E-state index contributed by atoms with van der Waals surface area (Å²) in [5, 5.41) is 14.7. The van der Waals surface area contributed by atoms with Crippen molar-refractivity contribution in [1.29, 1.82) is 0 Å². The molecule has 0 aliphatic carbocycles. The van der Waals surface area contributed by atoms with Crippen molar-refractivity contribution in [2.45, 2.75) is 52.1 Å². The third-order valence-corrected chi connectivity index (χ3v) is 4.29. The van der Waals surface area contributed by atoms with Crippen LogP contribution in [0.4, 0.5) is 8.78 Å². The summed E-state index contributed by atoms with van der Waals surface area (Å²) >= 11 is 0. The van der Waals surface area contributed by atoms with Gasteiger partial charge in [-0.05, 0) is 19.8 Å². The van der Waals surface area contributed by atoms with Crippen molar-refractivity contribution >= 4 is 29.9 Å². The van der Waals surface area contributed by atoms with Gasteiger partial charge in [-0.3, -0.25) is 9.89 Å². The van der Waals surface area contributed by atoms with E-state index in [0.717, 1.165) is 44.1 Å². The van der Waals surface area contributed by atoms with Gasteiger partial charge < -0.3 is 15.2 Å². The van der Waals surface area contributed by atoms with Crippen molar-refractivity contribution in [3.63, 3.8) is 0 Å². The Kier molecular flexibility index (Phi) is 10.9. The highest BCUT2D eigenvalue weighted by molar-refractivity contribution is 14.0. The zero-order chi connectivity index (χ0) is 18.1. The normalized spacial score (nSPS) is 16.6. The summed E-state index contributed by atoms with van der Waals surface area (Å²) in [5.74, 6) is 1.74. The van der Waals surface area contributed by atoms with Crippen molar-refractivity contribution in [3.8, 4) is 0 Å². The predicted octanol–water partition coefficient (Wildman–Crippen LogP) is 1.74. The molecule has 1 aromatic heterocycles. The Hall–Kier alpha value is -1.04. The molecule has 0 atom stereocenters. The minimum atomic E-state index is -2.26. The van der Waals surface area contributed by atoms with E-state index in [9.17, 15) is 8.78 Å². The van der Waals surface area contributed by atoms with Crippen LogP contribution in [-0.4, -0.2) is 70.8 Å². The van der Waals surface area contributed by atoms with E-state index in [0.29, 0.717) is 19.6 Å². The highest BCUT2D eigenvalue weighted by atomic mass is 127. The lowest BCUT2D eigenvalue weighted by molar-refractivity contribution is 0.0744. The molecule has 7 nitrogen and oxygen atoms in total. The maximum atomic E-state index is 12.4. The summed E-state index contributed by atoms with van der Waals surface area (Å²) in [7, 11) is 0. The van der Waals surface area contributed by atoms with Gasteiger partial charge in [0.05, 0.1) is 13.1 Å². The average Bonchev–Trinajstić information content (AvgIpc) is 3.04. The van der Waals surface area contributed by atoms with Gasteiger partial charge in [-0.25, -0.2) is 8.78 Å². The first kappa shape index (κ1) is 23.0. The zero-order valence-corrected chi connectivity index (χ0v) is 17.8. The van der Waals surface area contributed by atoms with Crippen LogP contribution in [0.25, 0.3) is 0 Å². The van der Waals surface area contributed by atoms with Crippen LogP contribution in [0, 0.1) is 0 Å². The summed E-state index contributed by atoms with van der Waals surface area (Å²) < 4.78 is 26.9. The van der Waals surface area contributed by atoms with Crippen molar-refractivity contribution in [2.75, 3.05) is 32.7 Å². The summed E-state index contributed by atoms with van der Waals surface area (Å²) in [5.41, 5.74) is 0. The Morgan fingerprint density at radius 3 is 2.69 bits per heavy atom. The molecule has 0 unspecified atom stereocenters. The quantitative estimate of drug-likeness (QED) is 0.334. The number of piperidine rings is 1. The van der Waals surface area contributed by atoms with E-state index in [-0.39, 0.29) is 36.6 Å². The lowest BCUT2D eigenvalue weighted by Gasteiger charge is -2.32. The molecule has 150 valence electrons. The molecule has 0 aromatic carbocycles. The number of aromatic nitrogens is 3. The first-order valence-corrected chi connectivity index (χ1v) is 9.04. The van der Waals surface area contributed by atoms with Crippen LogP contribution in [0.2, 0.25) is 0 Å². The molecule has 0 radical (unpaired) electrons. The molecule has 1 saturated heterocycles. The Balaban J connectivity index is 0.00000338. The van der Waals surface area contributed by atoms with Crippen LogP contribution in [-0.2, 0) is 13.0 Å². The first-order valence-electron chi connectivity index (χ1n) is 9.04. The summed E-state index contributed by atoms with van der Waals surface area (Å²) in [4.78, 5) is 6.43. The fraction of sp³-hybridized carbons (Fsp3) is 0.812. The molecule has 0 amide bonds. The SMILES string of the molecule is CCNC(=NCCn1cnnc1CC)NC1CCN(CC(F)F)CC1.I. The van der Waals surface area contributed by atoms with Crippen LogP contribution < -0.4 is 10.6 Å². The zero-order valence-electron chi connectivity index (χ0n) is 15.5. The van der Waals surface area contributed by atoms with E-state index in [1.165, 1.54) is 0 Å². The molecule has 0 saturated carbocycles. The standard InChI is InChI=1S/C16H29F2N7.HI/c1-3-15-23-21-12-25(15)10-7-20-16(19-4-2)22-13-5-8-24(9-6-13)11-14(17)18;/h12-14H,3-11H2,1-2H3,(H2,19,20,22);1H. The molecular weight excluding hydrogens is 455 g/mol. The predicted molar refractivity (Wildman–Crippen MR) is 109 cm³/mol. The topological polar surface area (TPSA) is 70.4 Å². The van der Waals surface area contributed by atoms with Crippen LogP contribution in [0.5, 0.6) is 0 Å². The van der Waals surface area contributed by atoms with Crippen molar-refractivity contribution in [2.24, 2.45) is 4.99 Å². The molecule has 1 aromatic rings. The van der Waals surface area contributed by atoms with Crippen LogP contribution in [0.1, 0.15) is 32.5 Å². The van der Waals surface area contributed by atoms with Crippen LogP contribution in [0.15, 0.2) is 11.3 Å². The summed E-state index contributed by atoms with van der Waals surface area (Å²) in [6.45, 7) is 7.49. The number of aliphatic imine (C=N–C) groups is 1. The third-order valence-electron chi connectivity index (χ3n) is 4.29. The van der Waals surface area contributed by atoms with Gasteiger partial charge in [-0.15, -0.1) is 34.2 Å². The van der Waals surface area contributed by atoms with Crippen molar-refractivity contribution < 1.29 is 8.78 Å². The Morgan fingerprint density at radius 1 is 1.35 bits per heavy atom. The molecule has 10 heteroatoms. The minimum Gasteiger partial charge on any atom is -0.357 e. The lowest BCUT2D eigenvalue weighted by Crippen LogP contribution is -2.49. The van der Waals surface area contributed by atoms with Gasteiger partial charge >= 0.3 is 0 Å². The number of nitrogens with zero attached hydrogens (tertiary/aromatic N) is 5. The second-order valence-electron chi connectivity index (χ2n) is 6.17. The second-order valence-corrected chi connectivity index (χ2v) is 6.17. The van der Waals surface area contributed by atoms with E-state index in [4.69, 9.17) is 0 Å². The average molecular weight is 485 g/mol. The number of guanidine groups is 1. The van der Waals surface area contributed by atoms with E-state index in [2.05, 4.69) is 32.7 Å². The molecule has 2 N–H and O–H groups in total. The van der Waals surface area contributed by atoms with Gasteiger partial charge in [-0.1, -0.05) is 6.92 Å². The third kappa shape index (κ3) is 7.68.